The van der Waals surface area contributed by atoms with Crippen molar-refractivity contribution in [2.45, 2.75) is 60.3 Å². The standard InChI is InChI=1S/C29H35N/c1-7-24(22-13-9-8-10-14-22)21(6)27(19(2)3)28(20(4)5)26-18-17-23-15-11-12-16-25(23)29(26)30/h7-10,13-14,17-18H,1,11-12,15-16,30H2,2-6H3/b24-21+. The summed E-state index contributed by atoms with van der Waals surface area (Å²) in [5, 5.41) is 0. The second kappa shape index (κ2) is 9.34. The number of allylic oxidation sites excluding steroid dienone is 7. The molecular formula is C29H35N. The Morgan fingerprint density at radius 1 is 0.867 bits per heavy atom. The molecular weight excluding hydrogens is 362 g/mol. The van der Waals surface area contributed by atoms with Crippen molar-refractivity contribution in [2.24, 2.45) is 0 Å². The van der Waals surface area contributed by atoms with E-state index in [0.29, 0.717) is 0 Å². The summed E-state index contributed by atoms with van der Waals surface area (Å²) in [6.07, 6.45) is 6.71. The molecule has 0 atom stereocenters. The topological polar surface area (TPSA) is 26.0 Å². The number of benzene rings is 2. The molecule has 3 rings (SSSR count). The first-order chi connectivity index (χ1) is 14.4. The van der Waals surface area contributed by atoms with Gasteiger partial charge in [-0.05, 0) is 99.3 Å². The molecule has 1 aliphatic carbocycles. The lowest BCUT2D eigenvalue weighted by Crippen LogP contribution is -2.10. The minimum Gasteiger partial charge on any atom is -0.398 e. The molecule has 0 saturated carbocycles. The van der Waals surface area contributed by atoms with E-state index in [9.17, 15) is 0 Å². The van der Waals surface area contributed by atoms with E-state index in [-0.39, 0.29) is 0 Å². The molecule has 2 aromatic carbocycles. The van der Waals surface area contributed by atoms with Gasteiger partial charge in [-0.15, -0.1) is 0 Å². The van der Waals surface area contributed by atoms with Gasteiger partial charge in [0.05, 0.1) is 0 Å². The third-order valence-corrected chi connectivity index (χ3v) is 6.16. The van der Waals surface area contributed by atoms with Gasteiger partial charge in [-0.1, -0.05) is 66.3 Å². The first kappa shape index (κ1) is 21.9. The first-order valence-electron chi connectivity index (χ1n) is 11.0. The Morgan fingerprint density at radius 2 is 1.53 bits per heavy atom. The number of rotatable bonds is 5. The van der Waals surface area contributed by atoms with Crippen LogP contribution in [0.2, 0.25) is 0 Å². The predicted molar refractivity (Wildman–Crippen MR) is 133 cm³/mol. The van der Waals surface area contributed by atoms with Crippen LogP contribution in [0.5, 0.6) is 0 Å². The quantitative estimate of drug-likeness (QED) is 0.402. The van der Waals surface area contributed by atoms with E-state index in [0.717, 1.165) is 18.5 Å². The van der Waals surface area contributed by atoms with Crippen LogP contribution in [0.3, 0.4) is 0 Å². The lowest BCUT2D eigenvalue weighted by atomic mass is 9.80. The molecule has 0 saturated heterocycles. The Bertz CT molecular complexity index is 1040. The van der Waals surface area contributed by atoms with E-state index in [1.165, 1.54) is 68.5 Å². The number of nitrogens with two attached hydrogens (primary N) is 1. The molecule has 0 spiro atoms. The summed E-state index contributed by atoms with van der Waals surface area (Å²) in [6.45, 7) is 15.1. The molecule has 0 radical (unpaired) electrons. The molecule has 0 aliphatic heterocycles. The molecule has 0 unspecified atom stereocenters. The molecule has 156 valence electrons. The van der Waals surface area contributed by atoms with Gasteiger partial charge in [0.25, 0.3) is 0 Å². The van der Waals surface area contributed by atoms with Gasteiger partial charge in [-0.25, -0.2) is 0 Å². The smallest absolute Gasteiger partial charge is 0.0429 e. The summed E-state index contributed by atoms with van der Waals surface area (Å²) in [5.74, 6) is 0. The largest absolute Gasteiger partial charge is 0.398 e. The van der Waals surface area contributed by atoms with Crippen LogP contribution in [0.25, 0.3) is 11.1 Å². The van der Waals surface area contributed by atoms with Crippen LogP contribution < -0.4 is 5.73 Å². The van der Waals surface area contributed by atoms with Crippen LogP contribution in [0.4, 0.5) is 5.69 Å². The van der Waals surface area contributed by atoms with E-state index >= 15 is 0 Å². The maximum absolute atomic E-state index is 6.81. The maximum Gasteiger partial charge on any atom is 0.0429 e. The Balaban J connectivity index is 2.25. The monoisotopic (exact) mass is 397 g/mol. The Kier molecular flexibility index (Phi) is 6.82. The lowest BCUT2D eigenvalue weighted by Gasteiger charge is -2.25. The van der Waals surface area contributed by atoms with Crippen molar-refractivity contribution in [1.29, 1.82) is 0 Å². The van der Waals surface area contributed by atoms with Gasteiger partial charge >= 0.3 is 0 Å². The van der Waals surface area contributed by atoms with Gasteiger partial charge in [0.15, 0.2) is 0 Å². The summed E-state index contributed by atoms with van der Waals surface area (Å²) >= 11 is 0. The molecule has 2 N–H and O–H groups in total. The van der Waals surface area contributed by atoms with Gasteiger partial charge in [-0.2, -0.15) is 0 Å². The Morgan fingerprint density at radius 3 is 2.13 bits per heavy atom. The van der Waals surface area contributed by atoms with Crippen LogP contribution in [0.15, 0.2) is 77.4 Å². The number of aryl methyl sites for hydroxylation is 1. The number of fused-ring (bicyclic) bond motifs is 1. The fourth-order valence-electron chi connectivity index (χ4n) is 4.78. The van der Waals surface area contributed by atoms with Crippen molar-refractivity contribution in [3.8, 4) is 0 Å². The van der Waals surface area contributed by atoms with E-state index in [1.54, 1.807) is 0 Å². The average molecular weight is 398 g/mol. The van der Waals surface area contributed by atoms with Crippen molar-refractivity contribution in [1.82, 2.24) is 0 Å². The summed E-state index contributed by atoms with van der Waals surface area (Å²) in [7, 11) is 0. The summed E-state index contributed by atoms with van der Waals surface area (Å²) in [6, 6.07) is 15.1. The molecule has 0 amide bonds. The summed E-state index contributed by atoms with van der Waals surface area (Å²) in [5.41, 5.74) is 20.4. The number of nitrogen functional groups attached to an aromatic ring is 1. The predicted octanol–water partition coefficient (Wildman–Crippen LogP) is 7.94. The normalized spacial score (nSPS) is 13.8. The van der Waals surface area contributed by atoms with E-state index in [2.05, 4.69) is 83.7 Å². The Hall–Kier alpha value is -2.80. The van der Waals surface area contributed by atoms with E-state index in [4.69, 9.17) is 5.73 Å². The van der Waals surface area contributed by atoms with Gasteiger partial charge in [0.2, 0.25) is 0 Å². The minimum atomic E-state index is 0.967. The average Bonchev–Trinajstić information content (AvgIpc) is 2.73. The second-order valence-electron chi connectivity index (χ2n) is 8.73. The van der Waals surface area contributed by atoms with Gasteiger partial charge in [-0.3, -0.25) is 0 Å². The Labute approximate surface area is 182 Å². The van der Waals surface area contributed by atoms with E-state index in [1.807, 2.05) is 6.08 Å². The number of hydrogen-bond donors (Lipinski definition) is 1. The highest BCUT2D eigenvalue weighted by Crippen LogP contribution is 2.41. The van der Waals surface area contributed by atoms with Crippen LogP contribution in [0.1, 0.15) is 69.7 Å². The van der Waals surface area contributed by atoms with E-state index < -0.39 is 0 Å². The van der Waals surface area contributed by atoms with Crippen LogP contribution in [-0.2, 0) is 12.8 Å². The van der Waals surface area contributed by atoms with Crippen LogP contribution in [0, 0.1) is 0 Å². The second-order valence-corrected chi connectivity index (χ2v) is 8.73. The molecule has 0 fully saturated rings. The summed E-state index contributed by atoms with van der Waals surface area (Å²) < 4.78 is 0. The zero-order valence-corrected chi connectivity index (χ0v) is 19.2. The first-order valence-corrected chi connectivity index (χ1v) is 11.0. The fourth-order valence-corrected chi connectivity index (χ4v) is 4.78. The van der Waals surface area contributed by atoms with Gasteiger partial charge in [0.1, 0.15) is 0 Å². The molecule has 30 heavy (non-hydrogen) atoms. The van der Waals surface area contributed by atoms with Crippen molar-refractivity contribution in [3.05, 3.63) is 99.7 Å². The highest BCUT2D eigenvalue weighted by molar-refractivity contribution is 5.95. The third-order valence-electron chi connectivity index (χ3n) is 6.16. The lowest BCUT2D eigenvalue weighted by molar-refractivity contribution is 0.687. The molecule has 1 nitrogen and oxygen atoms in total. The van der Waals surface area contributed by atoms with Crippen LogP contribution >= 0.6 is 0 Å². The molecule has 1 heteroatoms. The molecule has 0 heterocycles. The molecule has 2 aromatic rings. The highest BCUT2D eigenvalue weighted by Gasteiger charge is 2.21. The fraction of sp³-hybridized carbons (Fsp3) is 0.310. The maximum atomic E-state index is 6.81. The number of hydrogen-bond acceptors (Lipinski definition) is 1. The van der Waals surface area contributed by atoms with Crippen molar-refractivity contribution in [2.75, 3.05) is 5.73 Å². The van der Waals surface area contributed by atoms with Crippen molar-refractivity contribution in [3.63, 3.8) is 0 Å². The SMILES string of the molecule is C=C/C(=C(/C)C(=C(C)C)C(=C(C)C)c1ccc2c(c1N)CCCC2)c1ccccc1. The van der Waals surface area contributed by atoms with Crippen molar-refractivity contribution < 1.29 is 0 Å². The van der Waals surface area contributed by atoms with Crippen LogP contribution in [-0.4, -0.2) is 0 Å². The van der Waals surface area contributed by atoms with Gasteiger partial charge < -0.3 is 5.73 Å². The minimum absolute atomic E-state index is 0.967. The third kappa shape index (κ3) is 4.21. The number of anilines is 1. The molecule has 0 aromatic heterocycles. The van der Waals surface area contributed by atoms with Crippen molar-refractivity contribution >= 4 is 16.8 Å². The zero-order chi connectivity index (χ0) is 21.8. The highest BCUT2D eigenvalue weighted by atomic mass is 14.6. The molecule has 0 bridgehead atoms. The zero-order valence-electron chi connectivity index (χ0n) is 19.2. The molecule has 1 aliphatic rings. The van der Waals surface area contributed by atoms with Gasteiger partial charge in [0, 0.05) is 11.3 Å². The summed E-state index contributed by atoms with van der Waals surface area (Å²) in [4.78, 5) is 0.